The second kappa shape index (κ2) is 6.40. The summed E-state index contributed by atoms with van der Waals surface area (Å²) in [6, 6.07) is 13.5. The molecule has 134 valence electrons. The van der Waals surface area contributed by atoms with Crippen LogP contribution in [-0.4, -0.2) is 46.0 Å². The lowest BCUT2D eigenvalue weighted by atomic mass is 10.0. The van der Waals surface area contributed by atoms with Gasteiger partial charge < -0.3 is 9.88 Å². The molecule has 2 aliphatic rings. The zero-order valence-corrected chi connectivity index (χ0v) is 15.2. The van der Waals surface area contributed by atoms with Crippen molar-refractivity contribution in [2.24, 2.45) is 11.8 Å². The summed E-state index contributed by atoms with van der Waals surface area (Å²) in [7, 11) is 2.20. The lowest BCUT2D eigenvalue weighted by Crippen LogP contribution is -2.32. The third-order valence-corrected chi connectivity index (χ3v) is 6.27. The van der Waals surface area contributed by atoms with Gasteiger partial charge in [0, 0.05) is 38.9 Å². The molecular formula is C21H25N5. The molecule has 2 aromatic heterocycles. The van der Waals surface area contributed by atoms with Crippen molar-refractivity contribution in [2.75, 3.05) is 25.0 Å². The monoisotopic (exact) mass is 347 g/mol. The highest BCUT2D eigenvalue weighted by Gasteiger charge is 2.42. The molecule has 1 saturated carbocycles. The van der Waals surface area contributed by atoms with Crippen LogP contribution < -0.4 is 4.90 Å². The van der Waals surface area contributed by atoms with Crippen LogP contribution in [-0.2, 0) is 6.54 Å². The fourth-order valence-corrected chi connectivity index (χ4v) is 4.96. The van der Waals surface area contributed by atoms with E-state index in [2.05, 4.69) is 68.2 Å². The maximum atomic E-state index is 4.57. The third-order valence-electron chi connectivity index (χ3n) is 6.27. The molecule has 1 aliphatic heterocycles. The summed E-state index contributed by atoms with van der Waals surface area (Å²) in [5.74, 6) is 2.69. The van der Waals surface area contributed by atoms with Gasteiger partial charge in [-0.3, -0.25) is 4.90 Å². The minimum absolute atomic E-state index is 0.580. The fourth-order valence-electron chi connectivity index (χ4n) is 4.96. The number of fused-ring (bicyclic) bond motifs is 2. The number of aromatic amines is 1. The normalized spacial score (nSPS) is 25.7. The molecule has 2 unspecified atom stereocenters. The Balaban J connectivity index is 1.26. The van der Waals surface area contributed by atoms with Crippen LogP contribution in [0.5, 0.6) is 0 Å². The van der Waals surface area contributed by atoms with Crippen LogP contribution >= 0.6 is 0 Å². The van der Waals surface area contributed by atoms with Crippen molar-refractivity contribution in [2.45, 2.75) is 25.4 Å². The highest BCUT2D eigenvalue weighted by molar-refractivity contribution is 5.87. The Bertz CT molecular complexity index is 876. The number of likely N-dealkylation sites (tertiary alicyclic amines) is 1. The average Bonchev–Trinajstić information content (AvgIpc) is 3.35. The van der Waals surface area contributed by atoms with E-state index in [1.165, 1.54) is 31.5 Å². The van der Waals surface area contributed by atoms with Gasteiger partial charge in [0.05, 0.1) is 5.39 Å². The van der Waals surface area contributed by atoms with Crippen molar-refractivity contribution >= 4 is 16.9 Å². The summed E-state index contributed by atoms with van der Waals surface area (Å²) < 4.78 is 0. The molecule has 2 fully saturated rings. The van der Waals surface area contributed by atoms with Crippen LogP contribution in [0.4, 0.5) is 5.82 Å². The molecule has 3 atom stereocenters. The smallest absolute Gasteiger partial charge is 0.142 e. The number of nitrogens with zero attached hydrogens (tertiary/aromatic N) is 4. The summed E-state index contributed by atoms with van der Waals surface area (Å²) in [5, 5.41) is 1.12. The highest BCUT2D eigenvalue weighted by Crippen LogP contribution is 2.41. The van der Waals surface area contributed by atoms with E-state index in [0.29, 0.717) is 6.04 Å². The Labute approximate surface area is 154 Å². The highest BCUT2D eigenvalue weighted by atomic mass is 15.2. The van der Waals surface area contributed by atoms with Crippen molar-refractivity contribution in [3.8, 4) is 0 Å². The number of aromatic nitrogens is 3. The van der Waals surface area contributed by atoms with Crippen LogP contribution in [0, 0.1) is 11.8 Å². The lowest BCUT2D eigenvalue weighted by molar-refractivity contribution is 0.298. The van der Waals surface area contributed by atoms with Gasteiger partial charge in [-0.1, -0.05) is 30.3 Å². The predicted molar refractivity (Wildman–Crippen MR) is 104 cm³/mol. The summed E-state index contributed by atoms with van der Waals surface area (Å²) in [5.41, 5.74) is 2.35. The van der Waals surface area contributed by atoms with E-state index >= 15 is 0 Å². The molecule has 1 aromatic carbocycles. The first kappa shape index (κ1) is 15.8. The molecule has 5 rings (SSSR count). The number of H-pyrrole nitrogens is 1. The Morgan fingerprint density at radius 2 is 1.85 bits per heavy atom. The summed E-state index contributed by atoms with van der Waals surface area (Å²) in [4.78, 5) is 17.1. The van der Waals surface area contributed by atoms with Crippen molar-refractivity contribution in [3.63, 3.8) is 0 Å². The van der Waals surface area contributed by atoms with Gasteiger partial charge in [0.2, 0.25) is 0 Å². The van der Waals surface area contributed by atoms with Gasteiger partial charge in [0.1, 0.15) is 17.8 Å². The average molecular weight is 347 g/mol. The van der Waals surface area contributed by atoms with E-state index in [4.69, 9.17) is 0 Å². The van der Waals surface area contributed by atoms with Crippen LogP contribution in [0.25, 0.3) is 11.0 Å². The first-order valence-electron chi connectivity index (χ1n) is 9.55. The number of nitrogens with one attached hydrogen (secondary N) is 1. The molecule has 0 bridgehead atoms. The molecule has 1 saturated heterocycles. The molecule has 0 radical (unpaired) electrons. The zero-order chi connectivity index (χ0) is 17.5. The SMILES string of the molecule is CN(c1ncnc2[nH]ccc12)C1CC2CN(Cc3ccccc3)C[C@H]2C1. The minimum Gasteiger partial charge on any atom is -0.356 e. The predicted octanol–water partition coefficient (Wildman–Crippen LogP) is 3.30. The molecule has 5 nitrogen and oxygen atoms in total. The largest absolute Gasteiger partial charge is 0.356 e. The van der Waals surface area contributed by atoms with Gasteiger partial charge in [0.15, 0.2) is 0 Å². The number of rotatable bonds is 4. The number of anilines is 1. The minimum atomic E-state index is 0.580. The molecule has 3 heterocycles. The Morgan fingerprint density at radius 3 is 2.62 bits per heavy atom. The second-order valence-corrected chi connectivity index (χ2v) is 7.87. The fraction of sp³-hybridized carbons (Fsp3) is 0.429. The van der Waals surface area contributed by atoms with Crippen LogP contribution in [0.2, 0.25) is 0 Å². The second-order valence-electron chi connectivity index (χ2n) is 7.87. The van der Waals surface area contributed by atoms with Crippen LogP contribution in [0.3, 0.4) is 0 Å². The Kier molecular flexibility index (Phi) is 3.89. The van der Waals surface area contributed by atoms with Crippen molar-refractivity contribution in [3.05, 3.63) is 54.5 Å². The van der Waals surface area contributed by atoms with E-state index in [0.717, 1.165) is 35.2 Å². The van der Waals surface area contributed by atoms with Crippen molar-refractivity contribution < 1.29 is 0 Å². The van der Waals surface area contributed by atoms with Crippen LogP contribution in [0.15, 0.2) is 48.9 Å². The maximum absolute atomic E-state index is 4.57. The quantitative estimate of drug-likeness (QED) is 0.787. The van der Waals surface area contributed by atoms with E-state index < -0.39 is 0 Å². The molecule has 5 heteroatoms. The van der Waals surface area contributed by atoms with Gasteiger partial charge in [0.25, 0.3) is 0 Å². The van der Waals surface area contributed by atoms with Gasteiger partial charge in [-0.25, -0.2) is 9.97 Å². The number of hydrogen-bond acceptors (Lipinski definition) is 4. The summed E-state index contributed by atoms with van der Waals surface area (Å²) in [6.07, 6.45) is 6.15. The van der Waals surface area contributed by atoms with Gasteiger partial charge >= 0.3 is 0 Å². The zero-order valence-electron chi connectivity index (χ0n) is 15.2. The first-order chi connectivity index (χ1) is 12.8. The van der Waals surface area contributed by atoms with Crippen molar-refractivity contribution in [1.29, 1.82) is 0 Å². The Morgan fingerprint density at radius 1 is 1.08 bits per heavy atom. The first-order valence-corrected chi connectivity index (χ1v) is 9.55. The molecule has 0 amide bonds. The Hall–Kier alpha value is -2.40. The van der Waals surface area contributed by atoms with Crippen LogP contribution in [0.1, 0.15) is 18.4 Å². The van der Waals surface area contributed by atoms with Gasteiger partial charge in [-0.05, 0) is 36.3 Å². The summed E-state index contributed by atoms with van der Waals surface area (Å²) in [6.45, 7) is 3.55. The van der Waals surface area contributed by atoms with E-state index in [1.54, 1.807) is 6.33 Å². The number of hydrogen-bond donors (Lipinski definition) is 1. The molecule has 26 heavy (non-hydrogen) atoms. The van der Waals surface area contributed by atoms with E-state index in [-0.39, 0.29) is 0 Å². The van der Waals surface area contributed by atoms with Crippen molar-refractivity contribution in [1.82, 2.24) is 19.9 Å². The molecular weight excluding hydrogens is 322 g/mol. The standard InChI is InChI=1S/C21H25N5/c1-25(21-19-7-8-22-20(19)23-14-24-21)18-9-16-12-26(13-17(16)10-18)11-15-5-3-2-4-6-15/h2-8,14,16-18H,9-13H2,1H3,(H,22,23,24)/t16-,17?,18?/m1/s1. The number of benzene rings is 1. The molecule has 0 spiro atoms. The van der Waals surface area contributed by atoms with E-state index in [9.17, 15) is 0 Å². The topological polar surface area (TPSA) is 48.1 Å². The molecule has 3 aromatic rings. The van der Waals surface area contributed by atoms with Gasteiger partial charge in [-0.15, -0.1) is 0 Å². The van der Waals surface area contributed by atoms with Gasteiger partial charge in [-0.2, -0.15) is 0 Å². The maximum Gasteiger partial charge on any atom is 0.142 e. The van der Waals surface area contributed by atoms with E-state index in [1.807, 2.05) is 6.20 Å². The third kappa shape index (κ3) is 2.76. The summed E-state index contributed by atoms with van der Waals surface area (Å²) >= 11 is 0. The molecule has 1 aliphatic carbocycles. The molecule has 1 N–H and O–H groups in total. The lowest BCUT2D eigenvalue weighted by Gasteiger charge is -2.28.